The standard InChI is InChI=1S/C28H29F2N3O3/c1-3-33-24-16-19(25(35)31-18-22(34)17-27(2,29)30)14-15-23(24)32-26(33)28(36,20-10-6-4-7-11-20)21-12-8-5-9-13-21/h4-16,22,34,36H,3,17-18H2,1-2H3,(H,31,35)/t22-/m1/s1. The molecule has 0 aliphatic carbocycles. The van der Waals surface area contributed by atoms with Crippen molar-refractivity contribution in [1.29, 1.82) is 0 Å². The highest BCUT2D eigenvalue weighted by Gasteiger charge is 2.38. The SMILES string of the molecule is CCn1c(C(O)(c2ccccc2)c2ccccc2)nc2ccc(C(=O)NC[C@H](O)CC(C)(F)F)cc21. The van der Waals surface area contributed by atoms with Crippen molar-refractivity contribution in [2.75, 3.05) is 6.54 Å². The number of aryl methyl sites for hydroxylation is 1. The minimum atomic E-state index is -3.03. The molecule has 3 aromatic carbocycles. The van der Waals surface area contributed by atoms with Gasteiger partial charge in [0.2, 0.25) is 5.92 Å². The third kappa shape index (κ3) is 5.15. The number of halogens is 2. The van der Waals surface area contributed by atoms with Gasteiger partial charge in [-0.2, -0.15) is 0 Å². The lowest BCUT2D eigenvalue weighted by atomic mass is 9.85. The second-order valence-electron chi connectivity index (χ2n) is 8.96. The number of fused-ring (bicyclic) bond motifs is 1. The Kier molecular flexibility index (Phi) is 7.19. The topological polar surface area (TPSA) is 87.4 Å². The molecule has 0 bridgehead atoms. The Balaban J connectivity index is 1.74. The van der Waals surface area contributed by atoms with Gasteiger partial charge in [-0.15, -0.1) is 0 Å². The molecule has 3 N–H and O–H groups in total. The number of alkyl halides is 2. The highest BCUT2D eigenvalue weighted by atomic mass is 19.3. The maximum absolute atomic E-state index is 13.1. The fraction of sp³-hybridized carbons (Fsp3) is 0.286. The predicted octanol–water partition coefficient (Wildman–Crippen LogP) is 4.48. The van der Waals surface area contributed by atoms with Crippen molar-refractivity contribution in [3.8, 4) is 0 Å². The van der Waals surface area contributed by atoms with Crippen LogP contribution in [0.1, 0.15) is 47.6 Å². The van der Waals surface area contributed by atoms with E-state index < -0.39 is 30.0 Å². The molecule has 0 radical (unpaired) electrons. The second kappa shape index (κ2) is 10.2. The molecule has 8 heteroatoms. The van der Waals surface area contributed by atoms with Crippen LogP contribution in [0.4, 0.5) is 8.78 Å². The molecular formula is C28H29F2N3O3. The van der Waals surface area contributed by atoms with E-state index in [0.717, 1.165) is 6.92 Å². The predicted molar refractivity (Wildman–Crippen MR) is 134 cm³/mol. The van der Waals surface area contributed by atoms with Crippen molar-refractivity contribution in [3.05, 3.63) is 101 Å². The molecule has 4 rings (SSSR count). The molecule has 1 aromatic heterocycles. The number of aliphatic hydroxyl groups is 2. The molecule has 0 saturated carbocycles. The molecule has 0 aliphatic rings. The first kappa shape index (κ1) is 25.5. The number of carbonyl (C=O) groups is 1. The van der Waals surface area contributed by atoms with Crippen molar-refractivity contribution < 1.29 is 23.8 Å². The number of nitrogens with zero attached hydrogens (tertiary/aromatic N) is 2. The molecule has 188 valence electrons. The number of carbonyl (C=O) groups excluding carboxylic acids is 1. The molecule has 1 heterocycles. The maximum atomic E-state index is 13.1. The van der Waals surface area contributed by atoms with E-state index in [1.165, 1.54) is 0 Å². The molecule has 0 aliphatic heterocycles. The molecule has 0 spiro atoms. The Morgan fingerprint density at radius 3 is 2.14 bits per heavy atom. The van der Waals surface area contributed by atoms with Gasteiger partial charge in [0.1, 0.15) is 0 Å². The summed E-state index contributed by atoms with van der Waals surface area (Å²) in [5.41, 5.74) is 1.30. The average Bonchev–Trinajstić information content (AvgIpc) is 3.25. The van der Waals surface area contributed by atoms with Gasteiger partial charge >= 0.3 is 0 Å². The van der Waals surface area contributed by atoms with E-state index in [9.17, 15) is 23.8 Å². The molecule has 4 aromatic rings. The number of hydrogen-bond donors (Lipinski definition) is 3. The Bertz CT molecular complexity index is 1300. The highest BCUT2D eigenvalue weighted by Crippen LogP contribution is 2.37. The van der Waals surface area contributed by atoms with Gasteiger partial charge in [-0.3, -0.25) is 4.79 Å². The second-order valence-corrected chi connectivity index (χ2v) is 8.96. The van der Waals surface area contributed by atoms with E-state index in [0.29, 0.717) is 40.1 Å². The fourth-order valence-electron chi connectivity index (χ4n) is 4.44. The van der Waals surface area contributed by atoms with Crippen LogP contribution < -0.4 is 5.32 Å². The summed E-state index contributed by atoms with van der Waals surface area (Å²) in [4.78, 5) is 17.5. The van der Waals surface area contributed by atoms with Crippen molar-refractivity contribution in [2.45, 2.75) is 44.4 Å². The van der Waals surface area contributed by atoms with Gasteiger partial charge in [-0.05, 0) is 43.2 Å². The lowest BCUT2D eigenvalue weighted by molar-refractivity contribution is -0.0268. The van der Waals surface area contributed by atoms with Crippen LogP contribution in [0.25, 0.3) is 11.0 Å². The summed E-state index contributed by atoms with van der Waals surface area (Å²) < 4.78 is 28.1. The number of benzene rings is 3. The van der Waals surface area contributed by atoms with Crippen LogP contribution in [0.5, 0.6) is 0 Å². The lowest BCUT2D eigenvalue weighted by Gasteiger charge is -2.29. The zero-order chi connectivity index (χ0) is 25.9. The van der Waals surface area contributed by atoms with E-state index in [2.05, 4.69) is 5.32 Å². The Morgan fingerprint density at radius 2 is 1.61 bits per heavy atom. The average molecular weight is 494 g/mol. The number of nitrogens with one attached hydrogen (secondary N) is 1. The molecule has 36 heavy (non-hydrogen) atoms. The number of aliphatic hydroxyl groups excluding tert-OH is 1. The number of rotatable bonds is 9. The van der Waals surface area contributed by atoms with Crippen LogP contribution in [-0.4, -0.2) is 44.2 Å². The molecule has 1 atom stereocenters. The van der Waals surface area contributed by atoms with E-state index in [1.807, 2.05) is 72.2 Å². The number of aromatic nitrogens is 2. The highest BCUT2D eigenvalue weighted by molar-refractivity contribution is 5.97. The van der Waals surface area contributed by atoms with Crippen LogP contribution in [-0.2, 0) is 12.1 Å². The fourth-order valence-corrected chi connectivity index (χ4v) is 4.44. The molecule has 0 unspecified atom stereocenters. The van der Waals surface area contributed by atoms with Crippen molar-refractivity contribution in [2.24, 2.45) is 0 Å². The minimum Gasteiger partial charge on any atom is -0.391 e. The normalized spacial score (nSPS) is 13.1. The number of hydrogen-bond acceptors (Lipinski definition) is 4. The van der Waals surface area contributed by atoms with E-state index >= 15 is 0 Å². The van der Waals surface area contributed by atoms with Crippen LogP contribution in [0, 0.1) is 0 Å². The minimum absolute atomic E-state index is 0.291. The number of imidazole rings is 1. The smallest absolute Gasteiger partial charge is 0.251 e. The first-order valence-corrected chi connectivity index (χ1v) is 11.8. The summed E-state index contributed by atoms with van der Waals surface area (Å²) in [6, 6.07) is 23.5. The lowest BCUT2D eigenvalue weighted by Crippen LogP contribution is -2.35. The van der Waals surface area contributed by atoms with Gasteiger partial charge in [-0.1, -0.05) is 60.7 Å². The third-order valence-corrected chi connectivity index (χ3v) is 6.13. The third-order valence-electron chi connectivity index (χ3n) is 6.13. The van der Waals surface area contributed by atoms with Gasteiger partial charge < -0.3 is 20.1 Å². The summed E-state index contributed by atoms with van der Waals surface area (Å²) in [6.07, 6.45) is -2.10. The van der Waals surface area contributed by atoms with Crippen LogP contribution in [0.3, 0.4) is 0 Å². The summed E-state index contributed by atoms with van der Waals surface area (Å²) in [5, 5.41) is 24.5. The molecule has 0 saturated heterocycles. The van der Waals surface area contributed by atoms with E-state index in [4.69, 9.17) is 4.98 Å². The molecule has 0 fully saturated rings. The quantitative estimate of drug-likeness (QED) is 0.321. The first-order chi connectivity index (χ1) is 17.1. The van der Waals surface area contributed by atoms with Crippen LogP contribution >= 0.6 is 0 Å². The van der Waals surface area contributed by atoms with Gasteiger partial charge in [-0.25, -0.2) is 13.8 Å². The first-order valence-electron chi connectivity index (χ1n) is 11.8. The largest absolute Gasteiger partial charge is 0.391 e. The zero-order valence-corrected chi connectivity index (χ0v) is 20.2. The van der Waals surface area contributed by atoms with E-state index in [1.54, 1.807) is 18.2 Å². The van der Waals surface area contributed by atoms with Gasteiger partial charge in [0.05, 0.1) is 17.1 Å². The summed E-state index contributed by atoms with van der Waals surface area (Å²) in [6.45, 7) is 2.83. The molecule has 1 amide bonds. The molecular weight excluding hydrogens is 464 g/mol. The van der Waals surface area contributed by atoms with Gasteiger partial charge in [0.15, 0.2) is 11.4 Å². The van der Waals surface area contributed by atoms with Crippen LogP contribution in [0.2, 0.25) is 0 Å². The van der Waals surface area contributed by atoms with Gasteiger partial charge in [0.25, 0.3) is 5.91 Å². The maximum Gasteiger partial charge on any atom is 0.251 e. The summed E-state index contributed by atoms with van der Waals surface area (Å²) in [7, 11) is 0. The number of amides is 1. The summed E-state index contributed by atoms with van der Waals surface area (Å²) in [5.74, 6) is -3.11. The Morgan fingerprint density at radius 1 is 1.03 bits per heavy atom. The van der Waals surface area contributed by atoms with E-state index in [-0.39, 0.29) is 6.54 Å². The van der Waals surface area contributed by atoms with Crippen molar-refractivity contribution >= 4 is 16.9 Å². The van der Waals surface area contributed by atoms with Crippen molar-refractivity contribution in [3.63, 3.8) is 0 Å². The van der Waals surface area contributed by atoms with Gasteiger partial charge in [0, 0.05) is 25.1 Å². The Hall–Kier alpha value is -3.62. The molecule has 6 nitrogen and oxygen atoms in total. The summed E-state index contributed by atoms with van der Waals surface area (Å²) >= 11 is 0. The van der Waals surface area contributed by atoms with Crippen LogP contribution in [0.15, 0.2) is 78.9 Å². The monoisotopic (exact) mass is 493 g/mol. The zero-order valence-electron chi connectivity index (χ0n) is 20.2. The Labute approximate surface area is 208 Å². The van der Waals surface area contributed by atoms with Crippen molar-refractivity contribution in [1.82, 2.24) is 14.9 Å².